The Morgan fingerprint density at radius 3 is 1.19 bits per heavy atom. The van der Waals surface area contributed by atoms with Crippen LogP contribution in [0.5, 0.6) is 0 Å². The summed E-state index contributed by atoms with van der Waals surface area (Å²) >= 11 is 1.84. The molecule has 0 amide bonds. The average Bonchev–Trinajstić information content (AvgIpc) is 1.55. The SMILES string of the molecule is CC1(C)c2ccccc2-c2c1ccc1c3ccccc3n(-c3ccc(-c4cc(-c5ccccc5)nc(-c5cccc(-c6ccc(-c7cc(-c8cc(-c9nc(-c%10ccccc%10)cc(-c%10ccccc%10)n9)ccc8-n8c9ccccc9c9ccc%10sc%11ccccc%11c%10c98)cc(-c8ccccc8)n7)cc6)c5)n4)cc3-c3cc(-c4ccccc4)cc(-c4ccccc4)n3)c21. The number of pyridine rings is 2. The van der Waals surface area contributed by atoms with Gasteiger partial charge in [0, 0.05) is 114 Å². The fourth-order valence-electron chi connectivity index (χ4n) is 19.3. The van der Waals surface area contributed by atoms with Gasteiger partial charge in [-0.15, -0.1) is 11.3 Å². The summed E-state index contributed by atoms with van der Waals surface area (Å²) in [5.74, 6) is 1.22. The van der Waals surface area contributed by atoms with Crippen molar-refractivity contribution in [3.63, 3.8) is 0 Å². The zero-order chi connectivity index (χ0) is 83.5. The molecule has 7 heterocycles. The molecule has 0 unspecified atom stereocenters. The van der Waals surface area contributed by atoms with Crippen molar-refractivity contribution in [1.29, 1.82) is 0 Å². The molecule has 0 fully saturated rings. The molecule has 1 aliphatic carbocycles. The van der Waals surface area contributed by atoms with E-state index in [1.807, 2.05) is 23.5 Å². The van der Waals surface area contributed by atoms with Gasteiger partial charge in [0.25, 0.3) is 0 Å². The Labute approximate surface area is 732 Å². The van der Waals surface area contributed by atoms with E-state index in [0.29, 0.717) is 11.6 Å². The number of para-hydroxylation sites is 2. The van der Waals surface area contributed by atoms with Crippen molar-refractivity contribution >= 4 is 75.1 Å². The molecule has 0 N–H and O–H groups in total. The topological polar surface area (TPSA) is 87.2 Å². The first-order chi connectivity index (χ1) is 62.2. The van der Waals surface area contributed by atoms with Crippen molar-refractivity contribution in [3.05, 3.63) is 436 Å². The second kappa shape index (κ2) is 30.1. The lowest BCUT2D eigenvalue weighted by molar-refractivity contribution is 0.661. The summed E-state index contributed by atoms with van der Waals surface area (Å²) < 4.78 is 7.51. The van der Waals surface area contributed by atoms with E-state index in [1.54, 1.807) is 0 Å². The smallest absolute Gasteiger partial charge is 0.160 e. The lowest BCUT2D eigenvalue weighted by Gasteiger charge is -2.21. The molecule has 0 saturated heterocycles. The summed E-state index contributed by atoms with van der Waals surface area (Å²) in [6, 6.07) is 152. The van der Waals surface area contributed by atoms with Gasteiger partial charge in [-0.1, -0.05) is 341 Å². The van der Waals surface area contributed by atoms with Gasteiger partial charge < -0.3 is 9.13 Å². The molecular formula is C117H76N8S. The van der Waals surface area contributed by atoms with Gasteiger partial charge in [0.1, 0.15) is 0 Å². The van der Waals surface area contributed by atoms with E-state index in [-0.39, 0.29) is 5.41 Å². The number of fused-ring (bicyclic) bond motifs is 14. The highest BCUT2D eigenvalue weighted by atomic mass is 32.1. The Bertz CT molecular complexity index is 8150. The molecule has 16 aromatic carbocycles. The van der Waals surface area contributed by atoms with Crippen molar-refractivity contribution in [3.8, 4) is 169 Å². The predicted molar refractivity (Wildman–Crippen MR) is 523 cm³/mol. The van der Waals surface area contributed by atoms with Crippen LogP contribution in [0, 0.1) is 0 Å². The van der Waals surface area contributed by atoms with Crippen LogP contribution in [0.25, 0.3) is 233 Å². The van der Waals surface area contributed by atoms with Crippen molar-refractivity contribution in [2.45, 2.75) is 19.3 Å². The maximum Gasteiger partial charge on any atom is 0.160 e. The molecule has 0 radical (unpaired) electrons. The summed E-state index contributed by atoms with van der Waals surface area (Å²) in [5.41, 5.74) is 34.0. The van der Waals surface area contributed by atoms with Gasteiger partial charge in [0.05, 0.1) is 79.0 Å². The minimum Gasteiger partial charge on any atom is -0.308 e. The molecule has 7 aromatic heterocycles. The molecule has 9 heteroatoms. The molecule has 0 saturated carbocycles. The van der Waals surface area contributed by atoms with Crippen LogP contribution in [0.15, 0.2) is 425 Å². The highest BCUT2D eigenvalue weighted by Gasteiger charge is 2.38. The number of nitrogens with zero attached hydrogens (tertiary/aromatic N) is 8. The molecule has 1 aliphatic rings. The highest BCUT2D eigenvalue weighted by Crippen LogP contribution is 2.55. The van der Waals surface area contributed by atoms with Gasteiger partial charge in [-0.05, 0) is 142 Å². The van der Waals surface area contributed by atoms with E-state index in [2.05, 4.69) is 435 Å². The first kappa shape index (κ1) is 73.7. The molecule has 0 bridgehead atoms. The molecule has 0 spiro atoms. The van der Waals surface area contributed by atoms with Gasteiger partial charge in [0.2, 0.25) is 0 Å². The fraction of sp³-hybridized carbons (Fsp3) is 0.0256. The quantitative estimate of drug-likeness (QED) is 0.102. The van der Waals surface area contributed by atoms with Crippen molar-refractivity contribution in [2.24, 2.45) is 0 Å². The molecule has 8 nitrogen and oxygen atoms in total. The van der Waals surface area contributed by atoms with E-state index in [1.165, 1.54) is 69.5 Å². The second-order valence-corrected chi connectivity index (χ2v) is 34.3. The average molecular weight is 1630 g/mol. The molecule has 0 aliphatic heterocycles. The Hall–Kier alpha value is -16.2. The van der Waals surface area contributed by atoms with Gasteiger partial charge in [-0.25, -0.2) is 29.9 Å². The number of benzene rings is 16. The Kier molecular flexibility index (Phi) is 17.6. The Morgan fingerprint density at radius 2 is 0.603 bits per heavy atom. The van der Waals surface area contributed by atoms with E-state index in [4.69, 9.17) is 29.9 Å². The second-order valence-electron chi connectivity index (χ2n) is 33.2. The minimum atomic E-state index is -0.228. The van der Waals surface area contributed by atoms with Crippen LogP contribution in [0.2, 0.25) is 0 Å². The summed E-state index contributed by atoms with van der Waals surface area (Å²) in [7, 11) is 0. The third-order valence-electron chi connectivity index (χ3n) is 25.4. The molecule has 126 heavy (non-hydrogen) atoms. The van der Waals surface area contributed by atoms with E-state index >= 15 is 0 Å². The van der Waals surface area contributed by atoms with Crippen molar-refractivity contribution in [2.75, 3.05) is 0 Å². The van der Waals surface area contributed by atoms with Crippen LogP contribution < -0.4 is 0 Å². The fourth-order valence-corrected chi connectivity index (χ4v) is 20.4. The Balaban J connectivity index is 0.660. The number of hydrogen-bond acceptors (Lipinski definition) is 7. The van der Waals surface area contributed by atoms with Crippen LogP contribution in [-0.4, -0.2) is 39.0 Å². The number of thiophene rings is 1. The van der Waals surface area contributed by atoms with E-state index in [0.717, 1.165) is 162 Å². The maximum atomic E-state index is 5.74. The first-order valence-corrected chi connectivity index (χ1v) is 43.7. The molecule has 590 valence electrons. The lowest BCUT2D eigenvalue weighted by Crippen LogP contribution is -2.14. The molecule has 24 rings (SSSR count). The van der Waals surface area contributed by atoms with Crippen molar-refractivity contribution < 1.29 is 0 Å². The largest absolute Gasteiger partial charge is 0.308 e. The van der Waals surface area contributed by atoms with Gasteiger partial charge in [-0.3, -0.25) is 0 Å². The normalized spacial score (nSPS) is 12.3. The number of hydrogen-bond donors (Lipinski definition) is 0. The van der Waals surface area contributed by atoms with Crippen LogP contribution >= 0.6 is 11.3 Å². The summed E-state index contributed by atoms with van der Waals surface area (Å²) in [4.78, 5) is 33.4. The van der Waals surface area contributed by atoms with Gasteiger partial charge in [0.15, 0.2) is 11.6 Å². The maximum absolute atomic E-state index is 5.74. The van der Waals surface area contributed by atoms with Crippen LogP contribution in [0.4, 0.5) is 0 Å². The van der Waals surface area contributed by atoms with Crippen molar-refractivity contribution in [1.82, 2.24) is 39.0 Å². The standard InChI is InChI=1S/C117H76N8S/c1-117(2)95-48-25-21-46-91(95)111-96(117)60-58-89-87-44-22-27-50-106(87)125(113(89)111)108-61-56-82(65-94(108)104-68-85(73-30-9-3-10-31-73)67-97(119-104)75-32-11-4-12-33-75)103-72-102(79-40-19-8-20-41-79)120-115(123-103)83-43-29-42-81(64-83)74-52-54-80(55-53-74)99-70-86(69-98(118-99)76-34-13-5-14-35-76)93-66-84(116-121-100(77-36-15-6-16-37-77)71-101(122-116)78-38-17-7-18-39-78)57-62-107(93)124-105-49-26-23-45-88(105)90-59-63-110-112(114(90)124)92-47-24-28-51-109(92)126-110/h3-72H,1-2H3. The third kappa shape index (κ3) is 12.6. The monoisotopic (exact) mass is 1620 g/mol. The zero-order valence-corrected chi connectivity index (χ0v) is 69.7. The Morgan fingerprint density at radius 1 is 0.214 bits per heavy atom. The summed E-state index contributed by atoms with van der Waals surface area (Å²) in [6.45, 7) is 4.73. The lowest BCUT2D eigenvalue weighted by atomic mass is 9.82. The van der Waals surface area contributed by atoms with Gasteiger partial charge >= 0.3 is 0 Å². The molecular weight excluding hydrogens is 1550 g/mol. The third-order valence-corrected chi connectivity index (χ3v) is 26.5. The minimum absolute atomic E-state index is 0.228. The highest BCUT2D eigenvalue weighted by molar-refractivity contribution is 7.26. The van der Waals surface area contributed by atoms with Crippen LogP contribution in [0.3, 0.4) is 0 Å². The van der Waals surface area contributed by atoms with E-state index < -0.39 is 0 Å². The van der Waals surface area contributed by atoms with Crippen LogP contribution in [0.1, 0.15) is 25.0 Å². The van der Waals surface area contributed by atoms with Gasteiger partial charge in [-0.2, -0.15) is 0 Å². The summed E-state index contributed by atoms with van der Waals surface area (Å²) in [5, 5.41) is 7.22. The van der Waals surface area contributed by atoms with E-state index in [9.17, 15) is 0 Å². The predicted octanol–water partition coefficient (Wildman–Crippen LogP) is 30.6. The first-order valence-electron chi connectivity index (χ1n) is 42.9. The zero-order valence-electron chi connectivity index (χ0n) is 68.9. The molecule has 0 atom stereocenters. The summed E-state index contributed by atoms with van der Waals surface area (Å²) in [6.07, 6.45) is 0. The molecule has 23 aromatic rings. The number of rotatable bonds is 15. The number of aromatic nitrogens is 8. The van der Waals surface area contributed by atoms with Crippen LogP contribution in [-0.2, 0) is 5.41 Å².